The minimum atomic E-state index is -0.927. The first-order valence-electron chi connectivity index (χ1n) is 5.22. The van der Waals surface area contributed by atoms with Crippen molar-refractivity contribution in [3.63, 3.8) is 0 Å². The number of nitrogens with two attached hydrogens (primary N) is 1. The summed E-state index contributed by atoms with van der Waals surface area (Å²) < 4.78 is 10.3. The topological polar surface area (TPSA) is 81.8 Å². The molecule has 5 heteroatoms. The number of ether oxygens (including phenoxy) is 2. The first-order chi connectivity index (χ1) is 8.10. The van der Waals surface area contributed by atoms with Crippen molar-refractivity contribution in [3.8, 4) is 5.75 Å². The number of hydrogen-bond acceptors (Lipinski definition) is 4. The SMILES string of the molecule is COCc1c(OC)cccc1C(N)CC(=O)O. The Morgan fingerprint density at radius 1 is 1.47 bits per heavy atom. The molecule has 0 amide bonds. The molecule has 0 aromatic heterocycles. The van der Waals surface area contributed by atoms with Crippen LogP contribution >= 0.6 is 0 Å². The van der Waals surface area contributed by atoms with Crippen LogP contribution in [-0.2, 0) is 16.1 Å². The zero-order chi connectivity index (χ0) is 12.8. The van der Waals surface area contributed by atoms with Gasteiger partial charge in [0.1, 0.15) is 5.75 Å². The molecule has 1 atom stereocenters. The lowest BCUT2D eigenvalue weighted by atomic mass is 9.98. The largest absolute Gasteiger partial charge is 0.496 e. The van der Waals surface area contributed by atoms with Crippen molar-refractivity contribution in [2.45, 2.75) is 19.1 Å². The summed E-state index contributed by atoms with van der Waals surface area (Å²) in [6.45, 7) is 0.340. The van der Waals surface area contributed by atoms with Gasteiger partial charge in [0.15, 0.2) is 0 Å². The third-order valence-corrected chi connectivity index (χ3v) is 2.47. The number of methoxy groups -OCH3 is 2. The van der Waals surface area contributed by atoms with Gasteiger partial charge in [-0.1, -0.05) is 12.1 Å². The van der Waals surface area contributed by atoms with Crippen molar-refractivity contribution in [2.24, 2.45) is 5.73 Å². The molecule has 1 unspecified atom stereocenters. The molecule has 3 N–H and O–H groups in total. The lowest BCUT2D eigenvalue weighted by Gasteiger charge is -2.17. The van der Waals surface area contributed by atoms with Crippen molar-refractivity contribution < 1.29 is 19.4 Å². The summed E-state index contributed by atoms with van der Waals surface area (Å²) in [4.78, 5) is 10.7. The molecular formula is C12H17NO4. The van der Waals surface area contributed by atoms with Gasteiger partial charge in [-0.2, -0.15) is 0 Å². The fourth-order valence-electron chi connectivity index (χ4n) is 1.72. The standard InChI is InChI=1S/C12H17NO4/c1-16-7-9-8(10(13)6-12(14)15)4-3-5-11(9)17-2/h3-5,10H,6-7,13H2,1-2H3,(H,14,15). The third-order valence-electron chi connectivity index (χ3n) is 2.47. The zero-order valence-corrected chi connectivity index (χ0v) is 9.97. The van der Waals surface area contributed by atoms with Gasteiger partial charge in [-0.05, 0) is 11.6 Å². The number of carboxylic acids is 1. The van der Waals surface area contributed by atoms with Gasteiger partial charge in [-0.25, -0.2) is 0 Å². The summed E-state index contributed by atoms with van der Waals surface area (Å²) in [5.41, 5.74) is 7.40. The highest BCUT2D eigenvalue weighted by atomic mass is 16.5. The van der Waals surface area contributed by atoms with Crippen LogP contribution < -0.4 is 10.5 Å². The summed E-state index contributed by atoms with van der Waals surface area (Å²) >= 11 is 0. The Morgan fingerprint density at radius 2 is 2.18 bits per heavy atom. The van der Waals surface area contributed by atoms with Crippen LogP contribution in [-0.4, -0.2) is 25.3 Å². The van der Waals surface area contributed by atoms with Gasteiger partial charge in [-0.15, -0.1) is 0 Å². The fourth-order valence-corrected chi connectivity index (χ4v) is 1.72. The van der Waals surface area contributed by atoms with Gasteiger partial charge in [0.05, 0.1) is 20.1 Å². The molecule has 0 spiro atoms. The quantitative estimate of drug-likeness (QED) is 0.782. The average Bonchev–Trinajstić information content (AvgIpc) is 2.28. The Kier molecular flexibility index (Phi) is 4.93. The molecule has 0 bridgehead atoms. The van der Waals surface area contributed by atoms with Crippen molar-refractivity contribution in [3.05, 3.63) is 29.3 Å². The number of carbonyl (C=O) groups is 1. The minimum Gasteiger partial charge on any atom is -0.496 e. The normalized spacial score (nSPS) is 12.2. The van der Waals surface area contributed by atoms with Crippen molar-refractivity contribution in [2.75, 3.05) is 14.2 Å². The average molecular weight is 239 g/mol. The van der Waals surface area contributed by atoms with E-state index in [1.165, 1.54) is 0 Å². The van der Waals surface area contributed by atoms with E-state index in [0.29, 0.717) is 12.4 Å². The first-order valence-corrected chi connectivity index (χ1v) is 5.22. The molecule has 1 aromatic rings. The predicted molar refractivity (Wildman–Crippen MR) is 62.9 cm³/mol. The van der Waals surface area contributed by atoms with Gasteiger partial charge in [-0.3, -0.25) is 4.79 Å². The molecule has 0 saturated heterocycles. The lowest BCUT2D eigenvalue weighted by molar-refractivity contribution is -0.137. The van der Waals surface area contributed by atoms with Crippen LogP contribution in [0.5, 0.6) is 5.75 Å². The van der Waals surface area contributed by atoms with E-state index >= 15 is 0 Å². The van der Waals surface area contributed by atoms with Gasteiger partial charge in [0.2, 0.25) is 0 Å². The smallest absolute Gasteiger partial charge is 0.305 e. The van der Waals surface area contributed by atoms with Crippen LogP contribution in [0.25, 0.3) is 0 Å². The van der Waals surface area contributed by atoms with E-state index in [2.05, 4.69) is 0 Å². The van der Waals surface area contributed by atoms with Gasteiger partial charge < -0.3 is 20.3 Å². The third kappa shape index (κ3) is 3.44. The number of hydrogen-bond donors (Lipinski definition) is 2. The molecule has 5 nitrogen and oxygen atoms in total. The summed E-state index contributed by atoms with van der Waals surface area (Å²) in [6, 6.07) is 4.82. The van der Waals surface area contributed by atoms with Gasteiger partial charge in [0, 0.05) is 18.7 Å². The van der Waals surface area contributed by atoms with Gasteiger partial charge in [0.25, 0.3) is 0 Å². The summed E-state index contributed by atoms with van der Waals surface area (Å²) in [5.74, 6) is -0.270. The van der Waals surface area contributed by atoms with E-state index in [1.807, 2.05) is 0 Å². The van der Waals surface area contributed by atoms with Crippen LogP contribution in [0.4, 0.5) is 0 Å². The number of benzene rings is 1. The molecule has 94 valence electrons. The molecule has 0 aliphatic heterocycles. The van der Waals surface area contributed by atoms with Crippen LogP contribution in [0, 0.1) is 0 Å². The van der Waals surface area contributed by atoms with Crippen LogP contribution in [0.3, 0.4) is 0 Å². The lowest BCUT2D eigenvalue weighted by Crippen LogP contribution is -2.17. The maximum atomic E-state index is 10.7. The molecular weight excluding hydrogens is 222 g/mol. The molecule has 0 aliphatic rings. The van der Waals surface area contributed by atoms with Crippen molar-refractivity contribution in [1.82, 2.24) is 0 Å². The first kappa shape index (κ1) is 13.5. The molecule has 1 rings (SSSR count). The maximum absolute atomic E-state index is 10.7. The maximum Gasteiger partial charge on any atom is 0.305 e. The Labute approximate surface area is 100 Å². The summed E-state index contributed by atoms with van der Waals surface area (Å²) in [7, 11) is 3.12. The van der Waals surface area contributed by atoms with Crippen LogP contribution in [0.2, 0.25) is 0 Å². The van der Waals surface area contributed by atoms with E-state index in [4.69, 9.17) is 20.3 Å². The Hall–Kier alpha value is -1.59. The van der Waals surface area contributed by atoms with E-state index in [9.17, 15) is 4.79 Å². The van der Waals surface area contributed by atoms with Crippen LogP contribution in [0.1, 0.15) is 23.6 Å². The van der Waals surface area contributed by atoms with E-state index in [1.54, 1.807) is 32.4 Å². The highest BCUT2D eigenvalue weighted by Crippen LogP contribution is 2.28. The highest BCUT2D eigenvalue weighted by molar-refractivity contribution is 5.68. The zero-order valence-electron chi connectivity index (χ0n) is 9.97. The highest BCUT2D eigenvalue weighted by Gasteiger charge is 2.17. The van der Waals surface area contributed by atoms with Crippen molar-refractivity contribution >= 4 is 5.97 Å². The molecule has 17 heavy (non-hydrogen) atoms. The second kappa shape index (κ2) is 6.22. The molecule has 0 heterocycles. The molecule has 0 radical (unpaired) electrons. The minimum absolute atomic E-state index is 0.121. The Balaban J connectivity index is 3.08. The van der Waals surface area contributed by atoms with E-state index in [-0.39, 0.29) is 6.42 Å². The molecule has 1 aromatic carbocycles. The second-order valence-electron chi connectivity index (χ2n) is 3.67. The second-order valence-corrected chi connectivity index (χ2v) is 3.67. The monoisotopic (exact) mass is 239 g/mol. The van der Waals surface area contributed by atoms with Crippen molar-refractivity contribution in [1.29, 1.82) is 0 Å². The molecule has 0 fully saturated rings. The fraction of sp³-hybridized carbons (Fsp3) is 0.417. The van der Waals surface area contributed by atoms with E-state index < -0.39 is 12.0 Å². The Bertz CT molecular complexity index is 392. The van der Waals surface area contributed by atoms with E-state index in [0.717, 1.165) is 11.1 Å². The number of aliphatic carboxylic acids is 1. The van der Waals surface area contributed by atoms with Crippen LogP contribution in [0.15, 0.2) is 18.2 Å². The number of rotatable bonds is 6. The molecule has 0 aliphatic carbocycles. The summed E-state index contributed by atoms with van der Waals surface area (Å²) in [5, 5.41) is 8.75. The predicted octanol–water partition coefficient (Wildman–Crippen LogP) is 1.32. The molecule has 0 saturated carbocycles. The summed E-state index contributed by atoms with van der Waals surface area (Å²) in [6.07, 6.45) is -0.121. The Morgan fingerprint density at radius 3 is 2.71 bits per heavy atom. The number of carboxylic acid groups (broad SMARTS) is 1. The van der Waals surface area contributed by atoms with Gasteiger partial charge >= 0.3 is 5.97 Å².